The Bertz CT molecular complexity index is 3940. The van der Waals surface area contributed by atoms with Crippen LogP contribution in [0.4, 0.5) is 43.8 Å². The Balaban J connectivity index is 0.000000165. The zero-order valence-electron chi connectivity index (χ0n) is 57.0. The van der Waals surface area contributed by atoms with Gasteiger partial charge in [0.2, 0.25) is 0 Å². The summed E-state index contributed by atoms with van der Waals surface area (Å²) < 4.78 is 116. The van der Waals surface area contributed by atoms with E-state index in [-0.39, 0.29) is 74.4 Å². The third kappa shape index (κ3) is 18.9. The van der Waals surface area contributed by atoms with Crippen LogP contribution in [-0.2, 0) is 14.2 Å². The summed E-state index contributed by atoms with van der Waals surface area (Å²) in [6.07, 6.45) is 2.85. The number of carbonyl (C=O) groups is 3. The number of aliphatic hydroxyl groups is 3. The monoisotopic (exact) mass is 1420 g/mol. The summed E-state index contributed by atoms with van der Waals surface area (Å²) in [6, 6.07) is 18.7. The molecule has 3 aromatic heterocycles. The van der Waals surface area contributed by atoms with Crippen LogP contribution in [0.1, 0.15) is 86.8 Å². The van der Waals surface area contributed by atoms with Crippen LogP contribution in [0.3, 0.4) is 0 Å². The Hall–Kier alpha value is -10.1. The van der Waals surface area contributed by atoms with E-state index in [1.165, 1.54) is 14.7 Å². The van der Waals surface area contributed by atoms with Crippen LogP contribution >= 0.6 is 0 Å². The Morgan fingerprint density at radius 3 is 0.863 bits per heavy atom. The molecule has 540 valence electrons. The van der Waals surface area contributed by atoms with Crippen molar-refractivity contribution in [1.29, 1.82) is 0 Å². The molecule has 3 aliphatic heterocycles. The molecule has 0 bridgehead atoms. The second-order valence-electron chi connectivity index (χ2n) is 24.2. The lowest BCUT2D eigenvalue weighted by Crippen LogP contribution is -2.36. The highest BCUT2D eigenvalue weighted by Gasteiger charge is 2.27. The number of likely N-dealkylation sites (N-methyl/N-ethyl adjacent to an activating group) is 3. The van der Waals surface area contributed by atoms with E-state index < -0.39 is 53.2 Å². The minimum absolute atomic E-state index is 0.0181. The summed E-state index contributed by atoms with van der Waals surface area (Å²) >= 11 is 0. The first-order chi connectivity index (χ1) is 49.1. The number of hydrogen-bond donors (Lipinski definition) is 3. The molecule has 24 nitrogen and oxygen atoms in total. The van der Waals surface area contributed by atoms with Gasteiger partial charge in [-0.2, -0.15) is 0 Å². The molecule has 3 amide bonds. The number of nitrogens with zero attached hydrogens (tertiary/aromatic N) is 12. The summed E-state index contributed by atoms with van der Waals surface area (Å²) in [4.78, 5) is 77.1. The van der Waals surface area contributed by atoms with Crippen LogP contribution in [0.25, 0.3) is 33.1 Å². The second-order valence-corrected chi connectivity index (χ2v) is 24.2. The summed E-state index contributed by atoms with van der Waals surface area (Å²) in [5.41, 5.74) is 5.68. The fourth-order valence-electron chi connectivity index (χ4n) is 11.5. The number of ether oxygens (including phenoxy) is 6. The fourth-order valence-corrected chi connectivity index (χ4v) is 11.5. The predicted molar refractivity (Wildman–Crippen MR) is 366 cm³/mol. The highest BCUT2D eigenvalue weighted by atomic mass is 19.2. The zero-order chi connectivity index (χ0) is 72.7. The van der Waals surface area contributed by atoms with Gasteiger partial charge in [-0.15, -0.1) is 0 Å². The lowest BCUT2D eigenvalue weighted by atomic mass is 10.0. The number of aromatic nitrogens is 6. The number of hydrogen-bond acceptors (Lipinski definition) is 21. The standard InChI is InChI=1S/3C24H26F2N4O4/c3*1-15(34-19-12-17(25)11-18(26)13-19)20-9-16(24(32)29(2)3-6-31)10-21-23(20)28-22(14-27-21)30-4-7-33-8-5-30/h3*9-15,31H,3-8H2,1-2H3. The van der Waals surface area contributed by atoms with Crippen LogP contribution in [0.2, 0.25) is 0 Å². The first kappa shape index (κ1) is 74.6. The number of carbonyl (C=O) groups excluding carboxylic acids is 3. The van der Waals surface area contributed by atoms with Crippen molar-refractivity contribution in [3.63, 3.8) is 0 Å². The van der Waals surface area contributed by atoms with E-state index in [1.54, 1.807) is 96.9 Å². The number of amides is 3. The molecular weight excluding hydrogens is 1340 g/mol. The number of benzene rings is 6. The van der Waals surface area contributed by atoms with Crippen molar-refractivity contribution in [3.8, 4) is 17.2 Å². The van der Waals surface area contributed by atoms with E-state index in [0.717, 1.165) is 54.6 Å². The normalized spacial score (nSPS) is 14.8. The van der Waals surface area contributed by atoms with Gasteiger partial charge in [-0.1, -0.05) is 0 Å². The van der Waals surface area contributed by atoms with E-state index in [2.05, 4.69) is 29.7 Å². The number of halogens is 6. The highest BCUT2D eigenvalue weighted by molar-refractivity contribution is 6.00. The van der Waals surface area contributed by atoms with Gasteiger partial charge in [0.15, 0.2) is 0 Å². The Kier molecular flexibility index (Phi) is 25.2. The van der Waals surface area contributed by atoms with Crippen LogP contribution in [0, 0.1) is 34.9 Å². The highest BCUT2D eigenvalue weighted by Crippen LogP contribution is 2.35. The minimum atomic E-state index is -0.754. The van der Waals surface area contributed by atoms with Gasteiger partial charge in [-0.05, 0) is 57.2 Å². The van der Waals surface area contributed by atoms with Crippen LogP contribution in [-0.4, -0.2) is 217 Å². The average molecular weight is 1420 g/mol. The summed E-state index contributed by atoms with van der Waals surface area (Å²) in [6.45, 7) is 12.7. The fraction of sp³-hybridized carbons (Fsp3) is 0.375. The quantitative estimate of drug-likeness (QED) is 0.0567. The third-order valence-electron chi connectivity index (χ3n) is 16.8. The molecule has 3 fully saturated rings. The van der Waals surface area contributed by atoms with Crippen molar-refractivity contribution >= 4 is 68.3 Å². The van der Waals surface area contributed by atoms with Crippen molar-refractivity contribution in [2.45, 2.75) is 39.1 Å². The van der Waals surface area contributed by atoms with Crippen LogP contribution in [0.15, 0.2) is 110 Å². The van der Waals surface area contributed by atoms with Gasteiger partial charge in [0.1, 0.15) is 87.9 Å². The summed E-state index contributed by atoms with van der Waals surface area (Å²) in [5, 5.41) is 27.6. The Labute approximate surface area is 583 Å². The van der Waals surface area contributed by atoms with E-state index in [9.17, 15) is 56.0 Å². The molecule has 3 N–H and O–H groups in total. The van der Waals surface area contributed by atoms with E-state index in [1.807, 2.05) is 0 Å². The van der Waals surface area contributed by atoms with Crippen molar-refractivity contribution in [2.24, 2.45) is 0 Å². The molecule has 30 heteroatoms. The molecule has 12 rings (SSSR count). The van der Waals surface area contributed by atoms with E-state index in [4.69, 9.17) is 43.4 Å². The van der Waals surface area contributed by atoms with Gasteiger partial charge >= 0.3 is 0 Å². The minimum Gasteiger partial charge on any atom is -0.486 e. The van der Waals surface area contributed by atoms with Gasteiger partial charge in [0.25, 0.3) is 17.7 Å². The smallest absolute Gasteiger partial charge is 0.253 e. The molecule has 0 spiro atoms. The number of aliphatic hydroxyl groups excluding tert-OH is 3. The first-order valence-corrected chi connectivity index (χ1v) is 32.9. The first-order valence-electron chi connectivity index (χ1n) is 32.9. The molecule has 0 saturated carbocycles. The van der Waals surface area contributed by atoms with Crippen molar-refractivity contribution in [1.82, 2.24) is 44.6 Å². The molecule has 3 saturated heterocycles. The molecule has 3 atom stereocenters. The van der Waals surface area contributed by atoms with E-state index >= 15 is 0 Å². The maximum atomic E-state index is 13.7. The van der Waals surface area contributed by atoms with Gasteiger partial charge in [0, 0.05) is 168 Å². The summed E-state index contributed by atoms with van der Waals surface area (Å²) in [5.74, 6) is -3.39. The predicted octanol–water partition coefficient (Wildman–Crippen LogP) is 8.85. The number of anilines is 3. The van der Waals surface area contributed by atoms with Crippen molar-refractivity contribution < 1.29 is 84.5 Å². The summed E-state index contributed by atoms with van der Waals surface area (Å²) in [7, 11) is 4.77. The number of fused-ring (bicyclic) bond motifs is 3. The third-order valence-corrected chi connectivity index (χ3v) is 16.8. The van der Waals surface area contributed by atoms with Crippen molar-refractivity contribution in [2.75, 3.05) is 154 Å². The van der Waals surface area contributed by atoms with E-state index in [0.29, 0.717) is 163 Å². The molecule has 6 heterocycles. The van der Waals surface area contributed by atoms with Gasteiger partial charge in [0.05, 0.1) is 111 Å². The lowest BCUT2D eigenvalue weighted by molar-refractivity contribution is 0.0761. The molecule has 3 aliphatic rings. The SMILES string of the molecule is CC(Oc1cc(F)cc(F)c1)c1cc(C(=O)N(C)CCO)cc2ncc(N3CCOCC3)nc12.CC(Oc1cc(F)cc(F)c1)c1cc(C(=O)N(C)CCO)cc2ncc(N3CCOCC3)nc12.CC(Oc1cc(F)cc(F)c1)c1cc(C(=O)N(C)CCO)cc2ncc(N3CCOCC3)nc12. The molecule has 6 aromatic carbocycles. The largest absolute Gasteiger partial charge is 0.486 e. The Morgan fingerprint density at radius 2 is 0.637 bits per heavy atom. The molecule has 0 radical (unpaired) electrons. The Morgan fingerprint density at radius 1 is 0.402 bits per heavy atom. The molecular formula is C72H78F6N12O12. The number of morpholine rings is 3. The molecule has 9 aromatic rings. The van der Waals surface area contributed by atoms with Gasteiger partial charge in [-0.3, -0.25) is 29.3 Å². The van der Waals surface area contributed by atoms with Crippen molar-refractivity contribution in [3.05, 3.63) is 178 Å². The molecule has 3 unspecified atom stereocenters. The molecule has 0 aliphatic carbocycles. The lowest BCUT2D eigenvalue weighted by Gasteiger charge is -2.28. The maximum absolute atomic E-state index is 13.7. The zero-order valence-corrected chi connectivity index (χ0v) is 57.0. The molecule has 102 heavy (non-hydrogen) atoms. The van der Waals surface area contributed by atoms with Crippen LogP contribution in [0.5, 0.6) is 17.2 Å². The topological polar surface area (TPSA) is 264 Å². The second kappa shape index (κ2) is 34.5. The number of rotatable bonds is 21. The maximum Gasteiger partial charge on any atom is 0.253 e. The van der Waals surface area contributed by atoms with Gasteiger partial charge < -0.3 is 73.1 Å². The average Bonchev–Trinajstić information content (AvgIpc) is 0.788. The van der Waals surface area contributed by atoms with Crippen LogP contribution < -0.4 is 28.9 Å². The van der Waals surface area contributed by atoms with Gasteiger partial charge in [-0.25, -0.2) is 41.3 Å².